The molecule has 0 bridgehead atoms. The van der Waals surface area contributed by atoms with Crippen molar-refractivity contribution in [3.63, 3.8) is 0 Å². The van der Waals surface area contributed by atoms with Crippen LogP contribution < -0.4 is 10.6 Å². The van der Waals surface area contributed by atoms with Crippen molar-refractivity contribution >= 4 is 40.5 Å². The summed E-state index contributed by atoms with van der Waals surface area (Å²) in [5, 5.41) is 15.8. The number of rotatable bonds is 9. The summed E-state index contributed by atoms with van der Waals surface area (Å²) >= 11 is 0. The molecule has 1 fully saturated rings. The van der Waals surface area contributed by atoms with Gasteiger partial charge in [0.15, 0.2) is 6.29 Å². The summed E-state index contributed by atoms with van der Waals surface area (Å²) < 4.78 is 10.2. The summed E-state index contributed by atoms with van der Waals surface area (Å²) in [6.45, 7) is 2.01. The predicted molar refractivity (Wildman–Crippen MR) is 131 cm³/mol. The number of nitriles is 1. The molecule has 11 heteroatoms. The first kappa shape index (κ1) is 24.7. The second-order valence-corrected chi connectivity index (χ2v) is 8.00. The molecule has 2 amide bonds. The normalized spacial score (nSPS) is 13.3. The van der Waals surface area contributed by atoms with Gasteiger partial charge in [0.25, 0.3) is 5.91 Å². The van der Waals surface area contributed by atoms with Gasteiger partial charge in [0, 0.05) is 50.0 Å². The molecule has 0 unspecified atom stereocenters. The van der Waals surface area contributed by atoms with E-state index in [2.05, 4.69) is 26.7 Å². The van der Waals surface area contributed by atoms with E-state index in [0.717, 1.165) is 0 Å². The average molecular weight is 489 g/mol. The molecule has 1 aliphatic rings. The van der Waals surface area contributed by atoms with Crippen LogP contribution in [0.25, 0.3) is 10.9 Å². The third-order valence-electron chi connectivity index (χ3n) is 5.65. The molecule has 184 valence electrons. The lowest BCUT2D eigenvalue weighted by molar-refractivity contribution is -0.143. The summed E-state index contributed by atoms with van der Waals surface area (Å²) in [7, 11) is 1.57. The summed E-state index contributed by atoms with van der Waals surface area (Å²) in [4.78, 5) is 47.3. The lowest BCUT2D eigenvalue weighted by atomic mass is 10.0. The van der Waals surface area contributed by atoms with Crippen LogP contribution in [-0.2, 0) is 20.8 Å². The maximum Gasteiger partial charge on any atom is 0.259 e. The SMILES string of the molecule is COCCNc1cc(NC(=O)c2cccc3cc(CN4CCOCC4=O)c(C=O)nc23)ncc1C#N. The largest absolute Gasteiger partial charge is 0.383 e. The van der Waals surface area contributed by atoms with Gasteiger partial charge in [0.2, 0.25) is 5.91 Å². The minimum Gasteiger partial charge on any atom is -0.383 e. The van der Waals surface area contributed by atoms with Crippen molar-refractivity contribution in [1.82, 2.24) is 14.9 Å². The number of ether oxygens (including phenoxy) is 2. The van der Waals surface area contributed by atoms with Crippen molar-refractivity contribution in [3.05, 3.63) is 58.9 Å². The quantitative estimate of drug-likeness (QED) is 0.341. The van der Waals surface area contributed by atoms with E-state index in [-0.39, 0.29) is 36.1 Å². The molecule has 1 aliphatic heterocycles. The van der Waals surface area contributed by atoms with Gasteiger partial charge in [-0.2, -0.15) is 5.26 Å². The molecule has 3 aromatic rings. The number of benzene rings is 1. The Labute approximate surface area is 207 Å². The highest BCUT2D eigenvalue weighted by molar-refractivity contribution is 6.12. The van der Waals surface area contributed by atoms with Crippen LogP contribution in [-0.4, -0.2) is 73.0 Å². The number of nitrogens with one attached hydrogen (secondary N) is 2. The van der Waals surface area contributed by atoms with E-state index in [1.165, 1.54) is 6.20 Å². The third kappa shape index (κ3) is 5.46. The molecule has 11 nitrogen and oxygen atoms in total. The molecule has 1 saturated heterocycles. The van der Waals surface area contributed by atoms with E-state index in [4.69, 9.17) is 9.47 Å². The van der Waals surface area contributed by atoms with Gasteiger partial charge in [-0.25, -0.2) is 9.97 Å². The van der Waals surface area contributed by atoms with Gasteiger partial charge < -0.3 is 25.0 Å². The number of para-hydroxylation sites is 1. The molecule has 0 saturated carbocycles. The fourth-order valence-corrected chi connectivity index (χ4v) is 3.82. The fourth-order valence-electron chi connectivity index (χ4n) is 3.82. The minimum atomic E-state index is -0.471. The topological polar surface area (TPSA) is 147 Å². The van der Waals surface area contributed by atoms with Crippen LogP contribution in [0, 0.1) is 11.3 Å². The molecule has 4 rings (SSSR count). The number of nitrogens with zero attached hydrogens (tertiary/aromatic N) is 4. The van der Waals surface area contributed by atoms with E-state index in [9.17, 15) is 19.6 Å². The van der Waals surface area contributed by atoms with Crippen molar-refractivity contribution < 1.29 is 23.9 Å². The zero-order valence-electron chi connectivity index (χ0n) is 19.6. The van der Waals surface area contributed by atoms with Gasteiger partial charge in [-0.1, -0.05) is 12.1 Å². The summed E-state index contributed by atoms with van der Waals surface area (Å²) in [5.41, 5.74) is 2.19. The molecule has 3 heterocycles. The standard InChI is InChI=1S/C25H24N6O5/c1-35-7-5-27-20-10-22(28-12-18(20)11-26)30-25(34)19-4-2-3-16-9-17(21(14-32)29-24(16)19)13-31-6-8-36-15-23(31)33/h2-4,9-10,12,14H,5-8,13,15H2,1H3,(H2,27,28,30,34). The van der Waals surface area contributed by atoms with E-state index in [1.807, 2.05) is 0 Å². The molecule has 0 atom stereocenters. The first-order valence-electron chi connectivity index (χ1n) is 11.2. The fraction of sp³-hybridized carbons (Fsp3) is 0.280. The van der Waals surface area contributed by atoms with Crippen molar-refractivity contribution in [3.8, 4) is 6.07 Å². The van der Waals surface area contributed by atoms with E-state index >= 15 is 0 Å². The van der Waals surface area contributed by atoms with Gasteiger partial charge >= 0.3 is 0 Å². The predicted octanol–water partition coefficient (Wildman–Crippen LogP) is 1.98. The molecule has 0 radical (unpaired) electrons. The molecule has 1 aromatic carbocycles. The molecule has 36 heavy (non-hydrogen) atoms. The monoisotopic (exact) mass is 488 g/mol. The number of hydrogen-bond donors (Lipinski definition) is 2. The van der Waals surface area contributed by atoms with Gasteiger partial charge in [-0.15, -0.1) is 0 Å². The van der Waals surface area contributed by atoms with Gasteiger partial charge in [-0.05, 0) is 12.1 Å². The van der Waals surface area contributed by atoms with Gasteiger partial charge in [0.1, 0.15) is 24.2 Å². The molecule has 0 spiro atoms. The van der Waals surface area contributed by atoms with Crippen LogP contribution in [0.1, 0.15) is 32.0 Å². The first-order valence-corrected chi connectivity index (χ1v) is 11.2. The Balaban J connectivity index is 1.61. The maximum absolute atomic E-state index is 13.1. The summed E-state index contributed by atoms with van der Waals surface area (Å²) in [6, 6.07) is 10.5. The number of hydrogen-bond acceptors (Lipinski definition) is 9. The summed E-state index contributed by atoms with van der Waals surface area (Å²) in [5.74, 6) is -0.382. The van der Waals surface area contributed by atoms with Crippen molar-refractivity contribution in [2.24, 2.45) is 0 Å². The first-order chi connectivity index (χ1) is 17.5. The van der Waals surface area contributed by atoms with Crippen LogP contribution in [0.5, 0.6) is 0 Å². The average Bonchev–Trinajstić information content (AvgIpc) is 2.89. The highest BCUT2D eigenvalue weighted by atomic mass is 16.5. The van der Waals surface area contributed by atoms with E-state index < -0.39 is 5.91 Å². The second kappa shape index (κ2) is 11.4. The van der Waals surface area contributed by atoms with Crippen molar-refractivity contribution in [2.75, 3.05) is 50.7 Å². The zero-order valence-corrected chi connectivity index (χ0v) is 19.6. The molecular weight excluding hydrogens is 464 g/mol. The Morgan fingerprint density at radius 3 is 2.97 bits per heavy atom. The highest BCUT2D eigenvalue weighted by Crippen LogP contribution is 2.23. The number of amides is 2. The van der Waals surface area contributed by atoms with Gasteiger partial charge in [-0.3, -0.25) is 14.4 Å². The van der Waals surface area contributed by atoms with Crippen molar-refractivity contribution in [1.29, 1.82) is 5.26 Å². The minimum absolute atomic E-state index is 0.00868. The van der Waals surface area contributed by atoms with Gasteiger partial charge in [0.05, 0.1) is 35.5 Å². The van der Waals surface area contributed by atoms with Crippen LogP contribution in [0.2, 0.25) is 0 Å². The number of aromatic nitrogens is 2. The highest BCUT2D eigenvalue weighted by Gasteiger charge is 2.21. The van der Waals surface area contributed by atoms with Crippen LogP contribution in [0.15, 0.2) is 36.5 Å². The van der Waals surface area contributed by atoms with Crippen LogP contribution >= 0.6 is 0 Å². The lowest BCUT2D eigenvalue weighted by Crippen LogP contribution is -2.41. The zero-order chi connectivity index (χ0) is 25.5. The Bertz CT molecular complexity index is 1350. The molecular formula is C25H24N6O5. The van der Waals surface area contributed by atoms with Crippen molar-refractivity contribution in [2.45, 2.75) is 6.54 Å². The lowest BCUT2D eigenvalue weighted by Gasteiger charge is -2.27. The molecule has 2 N–H and O–H groups in total. The third-order valence-corrected chi connectivity index (χ3v) is 5.65. The number of carbonyl (C=O) groups excluding carboxylic acids is 3. The number of aldehydes is 1. The Morgan fingerprint density at radius 2 is 2.22 bits per heavy atom. The smallest absolute Gasteiger partial charge is 0.259 e. The number of methoxy groups -OCH3 is 1. The number of carbonyl (C=O) groups is 3. The summed E-state index contributed by atoms with van der Waals surface area (Å²) in [6.07, 6.45) is 1.99. The Hall–Kier alpha value is -4.40. The number of fused-ring (bicyclic) bond motifs is 1. The Kier molecular flexibility index (Phi) is 7.79. The molecule has 2 aromatic heterocycles. The number of anilines is 2. The number of morpholine rings is 1. The number of pyridine rings is 2. The van der Waals surface area contributed by atoms with E-state index in [1.54, 1.807) is 42.3 Å². The van der Waals surface area contributed by atoms with Crippen LogP contribution in [0.3, 0.4) is 0 Å². The molecule has 0 aliphatic carbocycles. The second-order valence-electron chi connectivity index (χ2n) is 8.00. The maximum atomic E-state index is 13.1. The van der Waals surface area contributed by atoms with E-state index in [0.29, 0.717) is 60.3 Å². The Morgan fingerprint density at radius 1 is 1.36 bits per heavy atom. The van der Waals surface area contributed by atoms with Crippen LogP contribution in [0.4, 0.5) is 11.5 Å².